The van der Waals surface area contributed by atoms with Gasteiger partial charge < -0.3 is 5.32 Å². The first kappa shape index (κ1) is 14.6. The van der Waals surface area contributed by atoms with Crippen molar-refractivity contribution in [2.75, 3.05) is 5.32 Å². The average molecular weight is 332 g/mol. The summed E-state index contributed by atoms with van der Waals surface area (Å²) in [4.78, 5) is 13.6. The van der Waals surface area contributed by atoms with Crippen LogP contribution in [0.15, 0.2) is 36.8 Å². The third-order valence-electron chi connectivity index (χ3n) is 5.10. The van der Waals surface area contributed by atoms with E-state index in [-0.39, 0.29) is 0 Å². The molecule has 2 aliphatic rings. The molecule has 0 spiro atoms. The van der Waals surface area contributed by atoms with Crippen LogP contribution in [0, 0.1) is 5.92 Å². The van der Waals surface area contributed by atoms with Crippen molar-refractivity contribution in [3.63, 3.8) is 0 Å². The van der Waals surface area contributed by atoms with E-state index in [1.807, 2.05) is 24.5 Å². The monoisotopic (exact) mass is 332 g/mol. The van der Waals surface area contributed by atoms with Crippen molar-refractivity contribution in [2.24, 2.45) is 5.92 Å². The lowest BCUT2D eigenvalue weighted by Crippen LogP contribution is -2.20. The molecular formula is C19H20N6. The van der Waals surface area contributed by atoms with Crippen LogP contribution in [0.5, 0.6) is 0 Å². The number of anilines is 1. The van der Waals surface area contributed by atoms with Crippen LogP contribution in [0.4, 0.5) is 5.95 Å². The summed E-state index contributed by atoms with van der Waals surface area (Å²) >= 11 is 0. The van der Waals surface area contributed by atoms with Gasteiger partial charge in [-0.05, 0) is 50.7 Å². The lowest BCUT2D eigenvalue weighted by atomic mass is 9.94. The molecule has 6 heteroatoms. The number of hydrogen-bond donors (Lipinski definition) is 1. The summed E-state index contributed by atoms with van der Waals surface area (Å²) in [6.07, 6.45) is 12.3. The quantitative estimate of drug-likeness (QED) is 0.795. The molecule has 0 radical (unpaired) electrons. The Kier molecular flexibility index (Phi) is 3.29. The van der Waals surface area contributed by atoms with E-state index in [9.17, 15) is 0 Å². The van der Waals surface area contributed by atoms with Gasteiger partial charge in [-0.1, -0.05) is 6.08 Å². The van der Waals surface area contributed by atoms with Gasteiger partial charge in [0.2, 0.25) is 5.95 Å². The van der Waals surface area contributed by atoms with E-state index in [1.54, 1.807) is 10.7 Å². The number of fused-ring (bicyclic) bond motifs is 2. The van der Waals surface area contributed by atoms with Gasteiger partial charge >= 0.3 is 0 Å². The highest BCUT2D eigenvalue weighted by Gasteiger charge is 2.28. The average Bonchev–Trinajstić information content (AvgIpc) is 3.39. The summed E-state index contributed by atoms with van der Waals surface area (Å²) in [5.41, 5.74) is 5.08. The van der Waals surface area contributed by atoms with Gasteiger partial charge in [0.25, 0.3) is 0 Å². The number of allylic oxidation sites excluding steroid dienone is 1. The molecule has 3 heterocycles. The summed E-state index contributed by atoms with van der Waals surface area (Å²) < 4.78 is 1.80. The number of nitrogens with one attached hydrogen (secondary N) is 1. The third kappa shape index (κ3) is 2.67. The Balaban J connectivity index is 1.48. The van der Waals surface area contributed by atoms with Gasteiger partial charge in [0.1, 0.15) is 0 Å². The van der Waals surface area contributed by atoms with Crippen LogP contribution >= 0.6 is 0 Å². The normalized spacial score (nSPS) is 17.9. The van der Waals surface area contributed by atoms with Crippen molar-refractivity contribution >= 4 is 17.2 Å². The Labute approximate surface area is 146 Å². The minimum absolute atomic E-state index is 0.446. The van der Waals surface area contributed by atoms with Crippen molar-refractivity contribution in [2.45, 2.75) is 38.6 Å². The van der Waals surface area contributed by atoms with Crippen molar-refractivity contribution in [3.05, 3.63) is 53.8 Å². The first-order valence-electron chi connectivity index (χ1n) is 8.92. The topological polar surface area (TPSA) is 68.0 Å². The van der Waals surface area contributed by atoms with Crippen molar-refractivity contribution in [1.82, 2.24) is 24.6 Å². The lowest BCUT2D eigenvalue weighted by molar-refractivity contribution is 0.684. The van der Waals surface area contributed by atoms with Crippen LogP contribution in [0.1, 0.15) is 43.1 Å². The summed E-state index contributed by atoms with van der Waals surface area (Å²) in [6.45, 7) is 2.22. The van der Waals surface area contributed by atoms with Crippen LogP contribution in [-0.2, 0) is 6.42 Å². The van der Waals surface area contributed by atoms with Crippen molar-refractivity contribution in [3.8, 4) is 0 Å². The van der Waals surface area contributed by atoms with Gasteiger partial charge in [0.15, 0.2) is 5.65 Å². The highest BCUT2D eigenvalue weighted by Crippen LogP contribution is 2.34. The zero-order chi connectivity index (χ0) is 16.8. The molecule has 0 bridgehead atoms. The second kappa shape index (κ2) is 5.65. The number of imidazole rings is 1. The Morgan fingerprint density at radius 1 is 1.24 bits per heavy atom. The molecule has 6 nitrogen and oxygen atoms in total. The van der Waals surface area contributed by atoms with Gasteiger partial charge in [-0.2, -0.15) is 5.10 Å². The zero-order valence-electron chi connectivity index (χ0n) is 14.2. The molecule has 0 aliphatic heterocycles. The van der Waals surface area contributed by atoms with Gasteiger partial charge in [-0.25, -0.2) is 19.5 Å². The maximum atomic E-state index is 4.78. The van der Waals surface area contributed by atoms with Gasteiger partial charge in [0.05, 0.1) is 11.4 Å². The summed E-state index contributed by atoms with van der Waals surface area (Å²) in [6, 6.07) is 4.46. The number of aromatic nitrogens is 5. The molecule has 0 aromatic carbocycles. The number of aryl methyl sites for hydroxylation is 1. The van der Waals surface area contributed by atoms with E-state index in [2.05, 4.69) is 33.4 Å². The third-order valence-corrected chi connectivity index (χ3v) is 5.10. The fourth-order valence-corrected chi connectivity index (χ4v) is 3.48. The standard InChI is InChI=1S/C19H20N6/c1-12(13-5-6-13)22-19-21-11-15-14(3-2-4-16(15)23-19)17-7-8-18-20-9-10-25(18)24-17/h3,7-13H,2,4-6H2,1H3,(H,21,22,23)/t12-/m1/s1. The molecule has 126 valence electrons. The van der Waals surface area contributed by atoms with Crippen molar-refractivity contribution in [1.29, 1.82) is 0 Å². The SMILES string of the molecule is C[C@@H](Nc1ncc2c(n1)CCC=C2c1ccc2nccn2n1)C1CC1. The van der Waals surface area contributed by atoms with E-state index in [0.29, 0.717) is 6.04 Å². The van der Waals surface area contributed by atoms with Crippen LogP contribution in [0.2, 0.25) is 0 Å². The molecule has 5 rings (SSSR count). The first-order chi connectivity index (χ1) is 12.3. The molecule has 0 unspecified atom stereocenters. The minimum atomic E-state index is 0.446. The first-order valence-corrected chi connectivity index (χ1v) is 8.92. The Morgan fingerprint density at radius 2 is 2.16 bits per heavy atom. The zero-order valence-corrected chi connectivity index (χ0v) is 14.2. The lowest BCUT2D eigenvalue weighted by Gasteiger charge is -2.19. The number of hydrogen-bond acceptors (Lipinski definition) is 5. The summed E-state index contributed by atoms with van der Waals surface area (Å²) in [5, 5.41) is 8.13. The number of nitrogens with zero attached hydrogens (tertiary/aromatic N) is 5. The van der Waals surface area contributed by atoms with E-state index < -0.39 is 0 Å². The Hall–Kier alpha value is -2.76. The molecular weight excluding hydrogens is 312 g/mol. The van der Waals surface area contributed by atoms with E-state index in [1.165, 1.54) is 12.8 Å². The molecule has 1 saturated carbocycles. The Bertz CT molecular complexity index is 969. The van der Waals surface area contributed by atoms with Gasteiger partial charge in [-0.3, -0.25) is 0 Å². The molecule has 0 amide bonds. The molecule has 1 atom stereocenters. The fourth-order valence-electron chi connectivity index (χ4n) is 3.48. The minimum Gasteiger partial charge on any atom is -0.351 e. The molecule has 2 aliphatic carbocycles. The van der Waals surface area contributed by atoms with E-state index >= 15 is 0 Å². The molecule has 3 aromatic heterocycles. The maximum absolute atomic E-state index is 4.78. The van der Waals surface area contributed by atoms with Crippen molar-refractivity contribution < 1.29 is 0 Å². The predicted octanol–water partition coefficient (Wildman–Crippen LogP) is 3.11. The smallest absolute Gasteiger partial charge is 0.223 e. The van der Waals surface area contributed by atoms with Crippen LogP contribution in [0.3, 0.4) is 0 Å². The fraction of sp³-hybridized carbons (Fsp3) is 0.368. The van der Waals surface area contributed by atoms with Gasteiger partial charge in [0, 0.05) is 35.8 Å². The summed E-state index contributed by atoms with van der Waals surface area (Å²) in [5.74, 6) is 1.53. The second-order valence-corrected chi connectivity index (χ2v) is 6.93. The molecule has 1 fully saturated rings. The van der Waals surface area contributed by atoms with Crippen LogP contribution < -0.4 is 5.32 Å². The largest absolute Gasteiger partial charge is 0.351 e. The molecule has 1 N–H and O–H groups in total. The highest BCUT2D eigenvalue weighted by atomic mass is 15.2. The number of rotatable bonds is 4. The summed E-state index contributed by atoms with van der Waals surface area (Å²) in [7, 11) is 0. The highest BCUT2D eigenvalue weighted by molar-refractivity contribution is 5.80. The molecule has 25 heavy (non-hydrogen) atoms. The second-order valence-electron chi connectivity index (χ2n) is 6.93. The molecule has 3 aromatic rings. The maximum Gasteiger partial charge on any atom is 0.223 e. The predicted molar refractivity (Wildman–Crippen MR) is 96.2 cm³/mol. The Morgan fingerprint density at radius 3 is 3.04 bits per heavy atom. The molecule has 0 saturated heterocycles. The van der Waals surface area contributed by atoms with E-state index in [0.717, 1.165) is 52.9 Å². The van der Waals surface area contributed by atoms with Crippen LogP contribution in [-0.4, -0.2) is 30.6 Å². The van der Waals surface area contributed by atoms with E-state index in [4.69, 9.17) is 4.98 Å². The van der Waals surface area contributed by atoms with Gasteiger partial charge in [-0.15, -0.1) is 0 Å². The van der Waals surface area contributed by atoms with Crippen LogP contribution in [0.25, 0.3) is 11.2 Å².